The number of rotatable bonds is 5. The molecule has 0 aliphatic heterocycles. The van der Waals surface area contributed by atoms with Crippen LogP contribution in [0.25, 0.3) is 0 Å². The number of carbonyl (C=O) groups is 1. The van der Waals surface area contributed by atoms with Crippen LogP contribution in [0.3, 0.4) is 0 Å². The lowest BCUT2D eigenvalue weighted by molar-refractivity contribution is -0.145. The molecule has 1 aromatic rings. The van der Waals surface area contributed by atoms with E-state index < -0.39 is 5.97 Å². The zero-order valence-corrected chi connectivity index (χ0v) is 13.6. The molecule has 0 saturated heterocycles. The van der Waals surface area contributed by atoms with E-state index in [1.54, 1.807) is 0 Å². The van der Waals surface area contributed by atoms with Gasteiger partial charge in [0.05, 0.1) is 5.92 Å². The van der Waals surface area contributed by atoms with Crippen molar-refractivity contribution in [3.8, 4) is 0 Å². The topological polar surface area (TPSA) is 37.3 Å². The highest BCUT2D eigenvalue weighted by Gasteiger charge is 2.34. The van der Waals surface area contributed by atoms with Crippen molar-refractivity contribution in [3.05, 3.63) is 34.3 Å². The van der Waals surface area contributed by atoms with Gasteiger partial charge >= 0.3 is 5.97 Å². The van der Waals surface area contributed by atoms with Crippen LogP contribution in [0.1, 0.15) is 44.6 Å². The molecule has 1 aliphatic carbocycles. The summed E-state index contributed by atoms with van der Waals surface area (Å²) in [5.41, 5.74) is 1.13. The smallest absolute Gasteiger partial charge is 0.307 e. The fourth-order valence-corrected chi connectivity index (χ4v) is 3.83. The largest absolute Gasteiger partial charge is 0.481 e. The Bertz CT molecular complexity index is 441. The van der Waals surface area contributed by atoms with E-state index in [4.69, 9.17) is 0 Å². The SMILES string of the molecule is CCC1CCCCC1C(Cc1ccc(Br)cc1)C(=O)O. The maximum Gasteiger partial charge on any atom is 0.307 e. The lowest BCUT2D eigenvalue weighted by Crippen LogP contribution is -2.33. The molecular weight excluding hydrogens is 316 g/mol. The molecule has 110 valence electrons. The molecule has 2 nitrogen and oxygen atoms in total. The number of halogens is 1. The third-order valence-electron chi connectivity index (χ3n) is 4.70. The van der Waals surface area contributed by atoms with E-state index in [0.717, 1.165) is 22.9 Å². The molecule has 0 radical (unpaired) electrons. The number of aliphatic carboxylic acids is 1. The van der Waals surface area contributed by atoms with Gasteiger partial charge in [-0.25, -0.2) is 0 Å². The van der Waals surface area contributed by atoms with Crippen LogP contribution < -0.4 is 0 Å². The molecule has 1 fully saturated rings. The maximum atomic E-state index is 11.7. The second-order valence-corrected chi connectivity index (χ2v) is 6.81. The monoisotopic (exact) mass is 338 g/mol. The molecule has 0 amide bonds. The van der Waals surface area contributed by atoms with Gasteiger partial charge in [0.25, 0.3) is 0 Å². The summed E-state index contributed by atoms with van der Waals surface area (Å²) in [6.45, 7) is 2.20. The minimum absolute atomic E-state index is 0.235. The molecule has 1 aromatic carbocycles. The van der Waals surface area contributed by atoms with Gasteiger partial charge < -0.3 is 5.11 Å². The van der Waals surface area contributed by atoms with Gasteiger partial charge in [0.1, 0.15) is 0 Å². The first-order valence-electron chi connectivity index (χ1n) is 7.59. The summed E-state index contributed by atoms with van der Waals surface area (Å²) in [7, 11) is 0. The molecule has 3 heteroatoms. The van der Waals surface area contributed by atoms with Gasteiger partial charge in [-0.3, -0.25) is 4.79 Å². The second-order valence-electron chi connectivity index (χ2n) is 5.89. The predicted molar refractivity (Wildman–Crippen MR) is 84.7 cm³/mol. The first-order chi connectivity index (χ1) is 9.61. The highest BCUT2D eigenvalue weighted by Crippen LogP contribution is 2.38. The van der Waals surface area contributed by atoms with Crippen LogP contribution in [0.4, 0.5) is 0 Å². The molecule has 1 N–H and O–H groups in total. The van der Waals surface area contributed by atoms with E-state index in [1.807, 2.05) is 24.3 Å². The molecule has 0 aromatic heterocycles. The first kappa shape index (κ1) is 15.6. The van der Waals surface area contributed by atoms with Crippen LogP contribution in [0.15, 0.2) is 28.7 Å². The van der Waals surface area contributed by atoms with E-state index in [0.29, 0.717) is 18.3 Å². The summed E-state index contributed by atoms with van der Waals surface area (Å²) >= 11 is 3.42. The fraction of sp³-hybridized carbons (Fsp3) is 0.588. The van der Waals surface area contributed by atoms with Gasteiger partial charge in [-0.05, 0) is 42.4 Å². The Kier molecular flexibility index (Phi) is 5.64. The average molecular weight is 339 g/mol. The normalized spacial score (nSPS) is 24.3. The first-order valence-corrected chi connectivity index (χ1v) is 8.38. The molecule has 0 heterocycles. The second kappa shape index (κ2) is 7.26. The predicted octanol–water partition coefficient (Wildman–Crippen LogP) is 4.91. The summed E-state index contributed by atoms with van der Waals surface area (Å²) in [4.78, 5) is 11.7. The Labute approximate surface area is 129 Å². The molecule has 2 rings (SSSR count). The van der Waals surface area contributed by atoms with Crippen molar-refractivity contribution in [2.75, 3.05) is 0 Å². The zero-order chi connectivity index (χ0) is 14.5. The van der Waals surface area contributed by atoms with E-state index in [1.165, 1.54) is 19.3 Å². The van der Waals surface area contributed by atoms with Crippen molar-refractivity contribution in [2.45, 2.75) is 45.4 Å². The summed E-state index contributed by atoms with van der Waals surface area (Å²) in [5.74, 6) is 0.0647. The quantitative estimate of drug-likeness (QED) is 0.828. The van der Waals surface area contributed by atoms with Crippen LogP contribution in [-0.4, -0.2) is 11.1 Å². The van der Waals surface area contributed by atoms with Crippen LogP contribution in [0, 0.1) is 17.8 Å². The zero-order valence-electron chi connectivity index (χ0n) is 12.0. The van der Waals surface area contributed by atoms with Gasteiger partial charge in [0.15, 0.2) is 0 Å². The Balaban J connectivity index is 2.13. The van der Waals surface area contributed by atoms with Crippen molar-refractivity contribution in [1.29, 1.82) is 0 Å². The number of hydrogen-bond donors (Lipinski definition) is 1. The van der Waals surface area contributed by atoms with Gasteiger partial charge in [-0.1, -0.05) is 60.7 Å². The molecule has 1 aliphatic rings. The Morgan fingerprint density at radius 1 is 1.30 bits per heavy atom. The third-order valence-corrected chi connectivity index (χ3v) is 5.22. The van der Waals surface area contributed by atoms with Crippen molar-refractivity contribution in [2.24, 2.45) is 17.8 Å². The van der Waals surface area contributed by atoms with Crippen LogP contribution in [0.2, 0.25) is 0 Å². The number of benzene rings is 1. The number of hydrogen-bond acceptors (Lipinski definition) is 1. The highest BCUT2D eigenvalue weighted by atomic mass is 79.9. The Morgan fingerprint density at radius 3 is 2.55 bits per heavy atom. The maximum absolute atomic E-state index is 11.7. The highest BCUT2D eigenvalue weighted by molar-refractivity contribution is 9.10. The lowest BCUT2D eigenvalue weighted by Gasteiger charge is -2.35. The Morgan fingerprint density at radius 2 is 1.95 bits per heavy atom. The van der Waals surface area contributed by atoms with Gasteiger partial charge in [-0.15, -0.1) is 0 Å². The van der Waals surface area contributed by atoms with Crippen molar-refractivity contribution in [3.63, 3.8) is 0 Å². The van der Waals surface area contributed by atoms with Crippen molar-refractivity contribution in [1.82, 2.24) is 0 Å². The lowest BCUT2D eigenvalue weighted by atomic mass is 9.70. The van der Waals surface area contributed by atoms with E-state index in [-0.39, 0.29) is 5.92 Å². The van der Waals surface area contributed by atoms with Gasteiger partial charge in [0, 0.05) is 4.47 Å². The van der Waals surface area contributed by atoms with Crippen molar-refractivity contribution < 1.29 is 9.90 Å². The summed E-state index contributed by atoms with van der Waals surface area (Å²) in [6.07, 6.45) is 6.49. The standard InChI is InChI=1S/C17H23BrO2/c1-2-13-5-3-4-6-15(13)16(17(19)20)11-12-7-9-14(18)10-8-12/h7-10,13,15-16H,2-6,11H2,1H3,(H,19,20). The van der Waals surface area contributed by atoms with Crippen LogP contribution >= 0.6 is 15.9 Å². The van der Waals surface area contributed by atoms with Gasteiger partial charge in [0.2, 0.25) is 0 Å². The van der Waals surface area contributed by atoms with Crippen LogP contribution in [0.5, 0.6) is 0 Å². The van der Waals surface area contributed by atoms with E-state index in [9.17, 15) is 9.90 Å². The summed E-state index contributed by atoms with van der Waals surface area (Å²) in [5, 5.41) is 9.65. The molecule has 20 heavy (non-hydrogen) atoms. The number of carboxylic acids is 1. The molecule has 3 unspecified atom stereocenters. The Hall–Kier alpha value is -0.830. The number of carboxylic acid groups (broad SMARTS) is 1. The molecule has 0 bridgehead atoms. The van der Waals surface area contributed by atoms with E-state index >= 15 is 0 Å². The summed E-state index contributed by atoms with van der Waals surface area (Å²) < 4.78 is 1.04. The van der Waals surface area contributed by atoms with E-state index in [2.05, 4.69) is 22.9 Å². The van der Waals surface area contributed by atoms with Gasteiger partial charge in [-0.2, -0.15) is 0 Å². The molecule has 0 spiro atoms. The van der Waals surface area contributed by atoms with Crippen LogP contribution in [-0.2, 0) is 11.2 Å². The molecule has 1 saturated carbocycles. The minimum atomic E-state index is -0.627. The molecule has 3 atom stereocenters. The molecular formula is C17H23BrO2. The third kappa shape index (κ3) is 3.85. The summed E-state index contributed by atoms with van der Waals surface area (Å²) in [6, 6.07) is 8.05. The van der Waals surface area contributed by atoms with Crippen molar-refractivity contribution >= 4 is 21.9 Å². The minimum Gasteiger partial charge on any atom is -0.481 e. The average Bonchev–Trinajstić information content (AvgIpc) is 2.46. The fourth-order valence-electron chi connectivity index (χ4n) is 3.57.